The van der Waals surface area contributed by atoms with Crippen molar-refractivity contribution in [3.8, 4) is 5.75 Å². The van der Waals surface area contributed by atoms with Crippen LogP contribution in [0.3, 0.4) is 0 Å². The fourth-order valence-corrected chi connectivity index (χ4v) is 3.56. The first-order chi connectivity index (χ1) is 15.8. The molecule has 0 amide bonds. The van der Waals surface area contributed by atoms with Crippen LogP contribution in [0.2, 0.25) is 5.02 Å². The molecule has 0 radical (unpaired) electrons. The molecule has 9 heteroatoms. The summed E-state index contributed by atoms with van der Waals surface area (Å²) in [4.78, 5) is 32.8. The van der Waals surface area contributed by atoms with Gasteiger partial charge >= 0.3 is 5.69 Å². The monoisotopic (exact) mass is 468 g/mol. The molecule has 0 aliphatic rings. The van der Waals surface area contributed by atoms with Crippen LogP contribution in [0.5, 0.6) is 5.75 Å². The molecule has 8 nitrogen and oxygen atoms in total. The van der Waals surface area contributed by atoms with Gasteiger partial charge in [-0.25, -0.2) is 4.98 Å². The topological polar surface area (TPSA) is 88.8 Å². The number of benzene rings is 2. The maximum Gasteiger partial charge on any atom is 0.311 e. The minimum atomic E-state index is -0.470. The highest BCUT2D eigenvalue weighted by atomic mass is 35.5. The molecule has 0 unspecified atom stereocenters. The molecule has 0 aliphatic heterocycles. The maximum absolute atomic E-state index is 13.4. The zero-order valence-electron chi connectivity index (χ0n) is 18.7. The van der Waals surface area contributed by atoms with Crippen LogP contribution in [0.15, 0.2) is 60.8 Å². The second kappa shape index (κ2) is 10.9. The first-order valence-corrected chi connectivity index (χ1v) is 10.7. The standard InChI is InChI=1S/C24H25ClN4O4/c1-27(2)14-5-15-28(24-21(29(31)32)6-4-13-26-24)22-16-19(33-3)11-12-20(22)23(30)17-7-9-18(25)10-8-17/h4,6-13,16H,5,14-15H2,1-3H3. The summed E-state index contributed by atoms with van der Waals surface area (Å²) in [6.07, 6.45) is 2.19. The lowest BCUT2D eigenvalue weighted by atomic mass is 10.0. The van der Waals surface area contributed by atoms with Crippen LogP contribution in [0.1, 0.15) is 22.3 Å². The van der Waals surface area contributed by atoms with Crippen molar-refractivity contribution in [3.63, 3.8) is 0 Å². The van der Waals surface area contributed by atoms with Crippen LogP contribution < -0.4 is 9.64 Å². The quantitative estimate of drug-likeness (QED) is 0.235. The second-order valence-electron chi connectivity index (χ2n) is 7.63. The lowest BCUT2D eigenvalue weighted by Gasteiger charge is -2.26. The van der Waals surface area contributed by atoms with Gasteiger partial charge in [0.1, 0.15) is 5.75 Å². The number of carbonyl (C=O) groups excluding carboxylic acids is 1. The number of ether oxygens (including phenoxy) is 1. The van der Waals surface area contributed by atoms with E-state index in [1.54, 1.807) is 47.4 Å². The highest BCUT2D eigenvalue weighted by Gasteiger charge is 2.26. The van der Waals surface area contributed by atoms with E-state index in [1.165, 1.54) is 25.4 Å². The minimum Gasteiger partial charge on any atom is -0.497 e. The van der Waals surface area contributed by atoms with E-state index in [9.17, 15) is 14.9 Å². The zero-order valence-corrected chi connectivity index (χ0v) is 19.5. The number of hydrogen-bond acceptors (Lipinski definition) is 7. The van der Waals surface area contributed by atoms with E-state index in [4.69, 9.17) is 16.3 Å². The summed E-state index contributed by atoms with van der Waals surface area (Å²) < 4.78 is 5.40. The number of anilines is 2. The molecule has 3 aromatic rings. The van der Waals surface area contributed by atoms with Crippen molar-refractivity contribution >= 4 is 34.6 Å². The number of hydrogen-bond donors (Lipinski definition) is 0. The van der Waals surface area contributed by atoms with Gasteiger partial charge in [-0.3, -0.25) is 14.9 Å². The molecular weight excluding hydrogens is 444 g/mol. The molecule has 33 heavy (non-hydrogen) atoms. The first kappa shape index (κ1) is 24.2. The van der Waals surface area contributed by atoms with Crippen molar-refractivity contribution in [1.29, 1.82) is 0 Å². The molecular formula is C24H25ClN4O4. The molecule has 3 rings (SSSR count). The van der Waals surface area contributed by atoms with E-state index in [1.807, 2.05) is 19.0 Å². The van der Waals surface area contributed by atoms with Gasteiger partial charge in [-0.1, -0.05) is 11.6 Å². The molecule has 0 bridgehead atoms. The van der Waals surface area contributed by atoms with Gasteiger partial charge in [0.15, 0.2) is 5.78 Å². The second-order valence-corrected chi connectivity index (χ2v) is 8.07. The molecule has 172 valence electrons. The minimum absolute atomic E-state index is 0.143. The number of carbonyl (C=O) groups is 1. The Labute approximate surface area is 197 Å². The van der Waals surface area contributed by atoms with Gasteiger partial charge in [-0.15, -0.1) is 0 Å². The summed E-state index contributed by atoms with van der Waals surface area (Å²) in [7, 11) is 5.43. The van der Waals surface area contributed by atoms with Gasteiger partial charge in [-0.05, 0) is 69.5 Å². The predicted molar refractivity (Wildman–Crippen MR) is 129 cm³/mol. The highest BCUT2D eigenvalue weighted by molar-refractivity contribution is 6.30. The SMILES string of the molecule is COc1ccc(C(=O)c2ccc(Cl)cc2)c(N(CCCN(C)C)c2ncccc2[N+](=O)[O-])c1. The number of aromatic nitrogens is 1. The smallest absolute Gasteiger partial charge is 0.311 e. The molecule has 0 aliphatic carbocycles. The van der Waals surface area contributed by atoms with Gasteiger partial charge in [-0.2, -0.15) is 0 Å². The predicted octanol–water partition coefficient (Wildman–Crippen LogP) is 4.97. The Morgan fingerprint density at radius 2 is 1.85 bits per heavy atom. The Hall–Kier alpha value is -3.49. The van der Waals surface area contributed by atoms with Crippen molar-refractivity contribution in [1.82, 2.24) is 9.88 Å². The van der Waals surface area contributed by atoms with E-state index in [2.05, 4.69) is 4.98 Å². The molecule has 0 atom stereocenters. The Morgan fingerprint density at radius 1 is 1.12 bits per heavy atom. The summed E-state index contributed by atoms with van der Waals surface area (Å²) in [6, 6.07) is 14.6. The van der Waals surface area contributed by atoms with E-state index in [0.29, 0.717) is 40.6 Å². The van der Waals surface area contributed by atoms with Crippen molar-refractivity contribution in [3.05, 3.63) is 87.1 Å². The summed E-state index contributed by atoms with van der Waals surface area (Å²) in [6.45, 7) is 1.16. The van der Waals surface area contributed by atoms with E-state index < -0.39 is 4.92 Å². The largest absolute Gasteiger partial charge is 0.497 e. The van der Waals surface area contributed by atoms with Crippen LogP contribution >= 0.6 is 11.6 Å². The number of halogens is 1. The van der Waals surface area contributed by atoms with Crippen molar-refractivity contribution in [2.75, 3.05) is 39.2 Å². The van der Waals surface area contributed by atoms with Gasteiger partial charge < -0.3 is 14.5 Å². The van der Waals surface area contributed by atoms with Gasteiger partial charge in [0.05, 0.1) is 17.7 Å². The van der Waals surface area contributed by atoms with Crippen LogP contribution in [0, 0.1) is 10.1 Å². The third-order valence-corrected chi connectivity index (χ3v) is 5.30. The molecule has 0 N–H and O–H groups in total. The lowest BCUT2D eigenvalue weighted by molar-refractivity contribution is -0.384. The maximum atomic E-state index is 13.4. The number of rotatable bonds is 10. The summed E-state index contributed by atoms with van der Waals surface area (Å²) >= 11 is 5.98. The molecule has 1 aromatic heterocycles. The zero-order chi connectivity index (χ0) is 24.0. The van der Waals surface area contributed by atoms with Crippen LogP contribution in [-0.2, 0) is 0 Å². The molecule has 0 spiro atoms. The molecule has 0 saturated carbocycles. The van der Waals surface area contributed by atoms with Crippen LogP contribution in [0.4, 0.5) is 17.2 Å². The van der Waals surface area contributed by atoms with Crippen molar-refractivity contribution in [2.45, 2.75) is 6.42 Å². The number of pyridine rings is 1. The van der Waals surface area contributed by atoms with Gasteiger partial charge in [0.25, 0.3) is 0 Å². The highest BCUT2D eigenvalue weighted by Crippen LogP contribution is 2.36. The van der Waals surface area contributed by atoms with Crippen LogP contribution in [0.25, 0.3) is 0 Å². The van der Waals surface area contributed by atoms with E-state index in [0.717, 1.165) is 6.54 Å². The summed E-state index contributed by atoms with van der Waals surface area (Å²) in [5.74, 6) is 0.453. The normalized spacial score (nSPS) is 10.8. The van der Waals surface area contributed by atoms with Gasteiger partial charge in [0, 0.05) is 41.0 Å². The van der Waals surface area contributed by atoms with Crippen LogP contribution in [-0.4, -0.2) is 54.9 Å². The Morgan fingerprint density at radius 3 is 2.48 bits per heavy atom. The molecule has 0 saturated heterocycles. The fraction of sp³-hybridized carbons (Fsp3) is 0.250. The molecule has 0 fully saturated rings. The third-order valence-electron chi connectivity index (χ3n) is 5.05. The molecule has 2 aromatic carbocycles. The van der Waals surface area contributed by atoms with Crippen molar-refractivity contribution in [2.24, 2.45) is 0 Å². The Balaban J connectivity index is 2.17. The average molecular weight is 469 g/mol. The summed E-state index contributed by atoms with van der Waals surface area (Å²) in [5, 5.41) is 12.3. The van der Waals surface area contributed by atoms with Gasteiger partial charge in [0.2, 0.25) is 5.82 Å². The fourth-order valence-electron chi connectivity index (χ4n) is 3.43. The van der Waals surface area contributed by atoms with E-state index >= 15 is 0 Å². The average Bonchev–Trinajstić information content (AvgIpc) is 2.81. The molecule has 1 heterocycles. The van der Waals surface area contributed by atoms with E-state index in [-0.39, 0.29) is 17.3 Å². The Bertz CT molecular complexity index is 1140. The number of nitrogens with zero attached hydrogens (tertiary/aromatic N) is 4. The third kappa shape index (κ3) is 5.85. The Kier molecular flexibility index (Phi) is 7.97. The summed E-state index contributed by atoms with van der Waals surface area (Å²) in [5.41, 5.74) is 1.17. The number of ketones is 1. The number of nitro groups is 1. The number of methoxy groups -OCH3 is 1. The lowest BCUT2D eigenvalue weighted by Crippen LogP contribution is -2.26. The first-order valence-electron chi connectivity index (χ1n) is 10.3. The van der Waals surface area contributed by atoms with Crippen molar-refractivity contribution < 1.29 is 14.5 Å².